The van der Waals surface area contributed by atoms with Gasteiger partial charge in [-0.15, -0.1) is 0 Å². The Morgan fingerprint density at radius 1 is 0.909 bits per heavy atom. The van der Waals surface area contributed by atoms with Crippen molar-refractivity contribution in [2.24, 2.45) is 17.8 Å². The first-order valence-electron chi connectivity index (χ1n) is 8.43. The number of aliphatic hydroxyl groups is 3. The smallest absolute Gasteiger partial charge is 0.0855 e. The van der Waals surface area contributed by atoms with Crippen molar-refractivity contribution in [2.45, 2.75) is 44.5 Å². The van der Waals surface area contributed by atoms with Crippen LogP contribution in [0.3, 0.4) is 0 Å². The molecule has 0 radical (unpaired) electrons. The Bertz CT molecular complexity index is 313. The molecule has 0 heterocycles. The molecule has 0 aromatic rings. The first kappa shape index (κ1) is 18.1. The van der Waals surface area contributed by atoms with E-state index in [1.54, 1.807) is 0 Å². The summed E-state index contributed by atoms with van der Waals surface area (Å²) in [5, 5.41) is 29.5. The number of fused-ring (bicyclic) bond motifs is 3. The summed E-state index contributed by atoms with van der Waals surface area (Å²) in [7, 11) is 0. The molecule has 3 aliphatic rings. The molecule has 6 heteroatoms. The van der Waals surface area contributed by atoms with E-state index in [0.717, 1.165) is 19.4 Å². The summed E-state index contributed by atoms with van der Waals surface area (Å²) in [6, 6.07) is 0. The van der Waals surface area contributed by atoms with Gasteiger partial charge in [0.1, 0.15) is 0 Å². The highest BCUT2D eigenvalue weighted by molar-refractivity contribution is 5.02. The summed E-state index contributed by atoms with van der Waals surface area (Å²) in [6.45, 7) is 4.90. The number of hydrogen-bond donors (Lipinski definition) is 3. The van der Waals surface area contributed by atoms with Crippen LogP contribution in [-0.2, 0) is 14.2 Å². The predicted molar refractivity (Wildman–Crippen MR) is 80.5 cm³/mol. The first-order valence-corrected chi connectivity index (χ1v) is 8.43. The zero-order chi connectivity index (χ0) is 15.9. The third-order valence-corrected chi connectivity index (χ3v) is 4.83. The van der Waals surface area contributed by atoms with E-state index < -0.39 is 12.2 Å². The topological polar surface area (TPSA) is 88.4 Å². The normalized spacial score (nSPS) is 37.6. The Hall–Kier alpha value is -0.240. The average molecular weight is 318 g/mol. The lowest BCUT2D eigenvalue weighted by atomic mass is 9.69. The lowest BCUT2D eigenvalue weighted by Gasteiger charge is -2.44. The Morgan fingerprint density at radius 2 is 1.59 bits per heavy atom. The minimum Gasteiger partial charge on any atom is -0.396 e. The van der Waals surface area contributed by atoms with Crippen molar-refractivity contribution in [3.8, 4) is 0 Å². The number of hydrogen-bond acceptors (Lipinski definition) is 6. The van der Waals surface area contributed by atoms with E-state index >= 15 is 0 Å². The summed E-state index contributed by atoms with van der Waals surface area (Å²) >= 11 is 0. The molecule has 0 aliphatic heterocycles. The second kappa shape index (κ2) is 9.15. The Morgan fingerprint density at radius 3 is 2.27 bits per heavy atom. The molecule has 0 spiro atoms. The molecule has 3 fully saturated rings. The number of rotatable bonds is 10. The van der Waals surface area contributed by atoms with Gasteiger partial charge in [-0.1, -0.05) is 6.92 Å². The average Bonchev–Trinajstić information content (AvgIpc) is 2.69. The van der Waals surface area contributed by atoms with Gasteiger partial charge in [0.05, 0.1) is 44.7 Å². The van der Waals surface area contributed by atoms with Gasteiger partial charge in [-0.3, -0.25) is 0 Å². The van der Waals surface area contributed by atoms with Crippen molar-refractivity contribution in [3.05, 3.63) is 0 Å². The maximum Gasteiger partial charge on any atom is 0.0855 e. The van der Waals surface area contributed by atoms with Crippen LogP contribution < -0.4 is 0 Å². The van der Waals surface area contributed by atoms with Gasteiger partial charge in [-0.25, -0.2) is 0 Å². The molecule has 6 unspecified atom stereocenters. The fourth-order valence-electron chi connectivity index (χ4n) is 3.55. The van der Waals surface area contributed by atoms with Crippen LogP contribution in [-0.4, -0.2) is 73.3 Å². The van der Waals surface area contributed by atoms with Gasteiger partial charge in [0, 0.05) is 25.0 Å². The van der Waals surface area contributed by atoms with Crippen molar-refractivity contribution < 1.29 is 29.5 Å². The van der Waals surface area contributed by atoms with E-state index in [9.17, 15) is 15.3 Å². The molecule has 3 aliphatic carbocycles. The summed E-state index contributed by atoms with van der Waals surface area (Å²) in [5.74, 6) is 0.0526. The van der Waals surface area contributed by atoms with E-state index in [2.05, 4.69) is 6.92 Å². The fraction of sp³-hybridized carbons (Fsp3) is 1.00. The molecule has 0 amide bonds. The number of ether oxygens (including phenoxy) is 3. The van der Waals surface area contributed by atoms with E-state index in [1.165, 1.54) is 0 Å². The minimum absolute atomic E-state index is 0.0237. The summed E-state index contributed by atoms with van der Waals surface area (Å²) in [5.41, 5.74) is 0. The van der Waals surface area contributed by atoms with E-state index in [4.69, 9.17) is 14.2 Å². The highest BCUT2D eigenvalue weighted by atomic mass is 16.5. The quantitative estimate of drug-likeness (QED) is 0.498. The number of aliphatic hydroxyl groups excluding tert-OH is 3. The molecule has 0 aromatic heterocycles. The lowest BCUT2D eigenvalue weighted by Crippen LogP contribution is -2.50. The summed E-state index contributed by atoms with van der Waals surface area (Å²) in [6.07, 6.45) is 0.912. The van der Waals surface area contributed by atoms with Gasteiger partial charge in [0.15, 0.2) is 0 Å². The lowest BCUT2D eigenvalue weighted by molar-refractivity contribution is -0.147. The second-order valence-electron chi connectivity index (χ2n) is 6.38. The van der Waals surface area contributed by atoms with Crippen molar-refractivity contribution >= 4 is 0 Å². The summed E-state index contributed by atoms with van der Waals surface area (Å²) in [4.78, 5) is 0. The molecule has 0 aromatic carbocycles. The molecule has 22 heavy (non-hydrogen) atoms. The zero-order valence-corrected chi connectivity index (χ0v) is 13.4. The zero-order valence-electron chi connectivity index (χ0n) is 13.4. The standard InChI is InChI=1S/C16H30O6/c1-2-3-20-4-5-21-6-7-22-16-11-8-12(10-17)14(18)15(19)13(16)9-11/h11-19H,2-10H2,1H3. The van der Waals surface area contributed by atoms with Gasteiger partial charge in [0.25, 0.3) is 0 Å². The van der Waals surface area contributed by atoms with Crippen LogP contribution in [0.2, 0.25) is 0 Å². The van der Waals surface area contributed by atoms with Crippen molar-refractivity contribution in [3.63, 3.8) is 0 Å². The maximum atomic E-state index is 10.2. The van der Waals surface area contributed by atoms with E-state index in [0.29, 0.717) is 38.8 Å². The molecule has 6 atom stereocenters. The Balaban J connectivity index is 1.63. The third-order valence-electron chi connectivity index (χ3n) is 4.83. The molecule has 3 N–H and O–H groups in total. The fourth-order valence-corrected chi connectivity index (χ4v) is 3.55. The predicted octanol–water partition coefficient (Wildman–Crippen LogP) is 0.185. The van der Waals surface area contributed by atoms with Crippen LogP contribution in [0.5, 0.6) is 0 Å². The molecular weight excluding hydrogens is 288 g/mol. The monoisotopic (exact) mass is 318 g/mol. The van der Waals surface area contributed by atoms with Crippen molar-refractivity contribution in [1.82, 2.24) is 0 Å². The van der Waals surface area contributed by atoms with Crippen LogP contribution in [0, 0.1) is 17.8 Å². The van der Waals surface area contributed by atoms with Crippen LogP contribution in [0.1, 0.15) is 26.2 Å². The van der Waals surface area contributed by atoms with Gasteiger partial charge in [0.2, 0.25) is 0 Å². The van der Waals surface area contributed by atoms with Crippen LogP contribution in [0.4, 0.5) is 0 Å². The molecule has 0 saturated heterocycles. The first-order chi connectivity index (χ1) is 10.7. The van der Waals surface area contributed by atoms with Gasteiger partial charge in [-0.2, -0.15) is 0 Å². The van der Waals surface area contributed by atoms with Crippen LogP contribution in [0.15, 0.2) is 0 Å². The highest BCUT2D eigenvalue weighted by Crippen LogP contribution is 2.47. The van der Waals surface area contributed by atoms with Gasteiger partial charge in [-0.05, 0) is 25.2 Å². The van der Waals surface area contributed by atoms with Gasteiger partial charge >= 0.3 is 0 Å². The van der Waals surface area contributed by atoms with Crippen LogP contribution >= 0.6 is 0 Å². The van der Waals surface area contributed by atoms with Gasteiger partial charge < -0.3 is 29.5 Å². The third kappa shape index (κ3) is 4.40. The molecule has 3 saturated carbocycles. The maximum absolute atomic E-state index is 10.2. The van der Waals surface area contributed by atoms with Crippen molar-refractivity contribution in [1.29, 1.82) is 0 Å². The Labute approximate surface area is 132 Å². The van der Waals surface area contributed by atoms with E-state index in [1.807, 2.05) is 0 Å². The largest absolute Gasteiger partial charge is 0.396 e. The van der Waals surface area contributed by atoms with Crippen LogP contribution in [0.25, 0.3) is 0 Å². The molecule has 3 rings (SSSR count). The molecular formula is C16H30O6. The molecule has 6 nitrogen and oxygen atoms in total. The SMILES string of the molecule is CCCOCCOCCOC1C2CC(CO)C(O)C(O)C1C2. The van der Waals surface area contributed by atoms with E-state index in [-0.39, 0.29) is 24.5 Å². The molecule has 2 bridgehead atoms. The molecule has 130 valence electrons. The highest BCUT2D eigenvalue weighted by Gasteiger charge is 2.52. The van der Waals surface area contributed by atoms with Crippen molar-refractivity contribution in [2.75, 3.05) is 39.6 Å². The second-order valence-corrected chi connectivity index (χ2v) is 6.38. The Kier molecular flexibility index (Phi) is 7.53. The summed E-state index contributed by atoms with van der Waals surface area (Å²) < 4.78 is 16.6. The minimum atomic E-state index is -0.847.